The molecule has 40 heavy (non-hydrogen) atoms. The molecule has 0 spiro atoms. The minimum absolute atomic E-state index is 0. The predicted molar refractivity (Wildman–Crippen MR) is 151 cm³/mol. The second-order valence-electron chi connectivity index (χ2n) is 8.94. The van der Waals surface area contributed by atoms with Gasteiger partial charge in [-0.1, -0.05) is 48.0 Å². The predicted octanol–water partition coefficient (Wildman–Crippen LogP) is 3.04. The van der Waals surface area contributed by atoms with Gasteiger partial charge in [0.25, 0.3) is 0 Å². The Balaban J connectivity index is 0.00000294. The van der Waals surface area contributed by atoms with Gasteiger partial charge in [0.1, 0.15) is 11.5 Å². The molecular weight excluding hydrogens is 561 g/mol. The van der Waals surface area contributed by atoms with E-state index in [-0.39, 0.29) is 52.1 Å². The largest absolute Gasteiger partial charge is 1.00 e. The first-order valence-electron chi connectivity index (χ1n) is 12.3. The van der Waals surface area contributed by atoms with Gasteiger partial charge in [0, 0.05) is 11.6 Å². The molecule has 0 aromatic heterocycles. The summed E-state index contributed by atoms with van der Waals surface area (Å²) in [7, 11) is -3.78. The fraction of sp³-hybridized carbons (Fsp3) is 0.167. The molecule has 4 aromatic rings. The van der Waals surface area contributed by atoms with Crippen LogP contribution in [0.15, 0.2) is 107 Å². The minimum atomic E-state index is -3.78. The summed E-state index contributed by atoms with van der Waals surface area (Å²) in [6.45, 7) is 1.10. The van der Waals surface area contributed by atoms with Crippen LogP contribution in [0.25, 0.3) is 0 Å². The maximum atomic E-state index is 13.2. The van der Waals surface area contributed by atoms with Crippen molar-refractivity contribution in [2.24, 2.45) is 0 Å². The van der Waals surface area contributed by atoms with Crippen molar-refractivity contribution in [2.75, 3.05) is 13.1 Å². The van der Waals surface area contributed by atoms with E-state index in [1.165, 1.54) is 24.3 Å². The molecule has 204 valence electrons. The molecule has 4 aromatic carbocycles. The quantitative estimate of drug-likeness (QED) is 0.172. The first-order chi connectivity index (χ1) is 18.7. The van der Waals surface area contributed by atoms with Crippen molar-refractivity contribution in [3.63, 3.8) is 0 Å². The smallest absolute Gasteiger partial charge is 1.00 e. The molecule has 0 heterocycles. The summed E-state index contributed by atoms with van der Waals surface area (Å²) in [5.41, 5.74) is 1.83. The number of aromatic carboxylic acids is 1. The number of halogens is 1. The molecule has 0 bridgehead atoms. The summed E-state index contributed by atoms with van der Waals surface area (Å²) >= 11 is 5.97. The van der Waals surface area contributed by atoms with Crippen molar-refractivity contribution in [3.8, 4) is 11.5 Å². The average Bonchev–Trinajstić information content (AvgIpc) is 2.93. The number of carboxylic acids is 1. The van der Waals surface area contributed by atoms with Gasteiger partial charge in [0.15, 0.2) is 0 Å². The summed E-state index contributed by atoms with van der Waals surface area (Å²) in [6.07, 6.45) is 0.919. The van der Waals surface area contributed by atoms with Crippen LogP contribution in [0, 0.1) is 0 Å². The molecule has 0 radical (unpaired) electrons. The molecular formula is C30H29ClNNaO6S. The van der Waals surface area contributed by atoms with Crippen LogP contribution in [-0.4, -0.2) is 37.7 Å². The van der Waals surface area contributed by atoms with Gasteiger partial charge in [-0.3, -0.25) is 0 Å². The molecule has 0 aliphatic rings. The molecule has 4 rings (SSSR count). The van der Waals surface area contributed by atoms with E-state index in [1.54, 1.807) is 66.7 Å². The second-order valence-corrected chi connectivity index (χ2v) is 11.3. The first kappa shape index (κ1) is 31.8. The Morgan fingerprint density at radius 1 is 0.900 bits per heavy atom. The third-order valence-electron chi connectivity index (χ3n) is 6.06. The number of hydrogen-bond acceptors (Lipinski definition) is 6. The zero-order chi connectivity index (χ0) is 27.8. The van der Waals surface area contributed by atoms with Crippen molar-refractivity contribution in [1.82, 2.24) is 5.32 Å². The summed E-state index contributed by atoms with van der Waals surface area (Å²) in [5.74, 6) is -0.505. The van der Waals surface area contributed by atoms with Crippen molar-refractivity contribution >= 4 is 27.4 Å². The molecule has 0 amide bonds. The van der Waals surface area contributed by atoms with Crippen LogP contribution in [0.4, 0.5) is 0 Å². The van der Waals surface area contributed by atoms with Crippen LogP contribution >= 0.6 is 11.6 Å². The summed E-state index contributed by atoms with van der Waals surface area (Å²) in [4.78, 5) is 11.4. The van der Waals surface area contributed by atoms with Gasteiger partial charge >= 0.3 is 35.5 Å². The van der Waals surface area contributed by atoms with Crippen molar-refractivity contribution < 1.29 is 59.1 Å². The van der Waals surface area contributed by atoms with E-state index in [9.17, 15) is 18.3 Å². The SMILES string of the molecule is O=C(O)c1cccc(Oc2cccc(S(=O)(=O)c3ccc(CCCNC[C@@H](O)c4cccc(Cl)c4)cc3)c2)c1.[H-].[Na+]. The molecule has 0 aliphatic carbocycles. The molecule has 7 nitrogen and oxygen atoms in total. The fourth-order valence-corrected chi connectivity index (χ4v) is 5.49. The fourth-order valence-electron chi connectivity index (χ4n) is 3.99. The van der Waals surface area contributed by atoms with Gasteiger partial charge in [-0.2, -0.15) is 0 Å². The van der Waals surface area contributed by atoms with Crippen LogP contribution in [-0.2, 0) is 16.3 Å². The molecule has 0 aliphatic heterocycles. The Labute approximate surface area is 262 Å². The van der Waals surface area contributed by atoms with Crippen LogP contribution in [0.3, 0.4) is 0 Å². The normalized spacial score (nSPS) is 11.8. The maximum Gasteiger partial charge on any atom is 1.00 e. The number of ether oxygens (including phenoxy) is 1. The topological polar surface area (TPSA) is 113 Å². The number of nitrogens with one attached hydrogen (secondary N) is 1. The third-order valence-corrected chi connectivity index (χ3v) is 8.06. The Kier molecular flexibility index (Phi) is 11.8. The Hall–Kier alpha value is -2.69. The number of rotatable bonds is 12. The van der Waals surface area contributed by atoms with Gasteiger partial charge < -0.3 is 21.7 Å². The Bertz CT molecular complexity index is 1550. The molecule has 0 fully saturated rings. The molecule has 3 N–H and O–H groups in total. The van der Waals surface area contributed by atoms with E-state index in [4.69, 9.17) is 21.4 Å². The zero-order valence-corrected chi connectivity index (χ0v) is 25.5. The summed E-state index contributed by atoms with van der Waals surface area (Å²) in [5, 5.41) is 23.3. The van der Waals surface area contributed by atoms with Crippen LogP contribution < -0.4 is 39.6 Å². The van der Waals surface area contributed by atoms with Gasteiger partial charge in [-0.15, -0.1) is 0 Å². The number of carbonyl (C=O) groups is 1. The number of aliphatic hydroxyl groups is 1. The third kappa shape index (κ3) is 8.65. The summed E-state index contributed by atoms with van der Waals surface area (Å²) in [6, 6.07) is 26.0. The monoisotopic (exact) mass is 589 g/mol. The number of hydrogen-bond donors (Lipinski definition) is 3. The van der Waals surface area contributed by atoms with Crippen molar-refractivity contribution in [3.05, 3.63) is 119 Å². The van der Waals surface area contributed by atoms with E-state index in [1.807, 2.05) is 6.07 Å². The number of sulfone groups is 1. The van der Waals surface area contributed by atoms with E-state index >= 15 is 0 Å². The molecule has 0 unspecified atom stereocenters. The average molecular weight is 590 g/mol. The van der Waals surface area contributed by atoms with E-state index in [0.717, 1.165) is 24.0 Å². The molecule has 0 saturated carbocycles. The van der Waals surface area contributed by atoms with Gasteiger partial charge in [-0.25, -0.2) is 13.2 Å². The zero-order valence-electron chi connectivity index (χ0n) is 23.0. The second kappa shape index (κ2) is 14.8. The van der Waals surface area contributed by atoms with E-state index < -0.39 is 21.9 Å². The van der Waals surface area contributed by atoms with Gasteiger partial charge in [0.2, 0.25) is 9.84 Å². The van der Waals surface area contributed by atoms with Crippen LogP contribution in [0.1, 0.15) is 35.4 Å². The van der Waals surface area contributed by atoms with Crippen LogP contribution in [0.5, 0.6) is 11.5 Å². The molecule has 10 heteroatoms. The maximum absolute atomic E-state index is 13.2. The molecule has 0 saturated heterocycles. The summed E-state index contributed by atoms with van der Waals surface area (Å²) < 4.78 is 32.2. The number of carboxylic acid groups (broad SMARTS) is 1. The van der Waals surface area contributed by atoms with Crippen molar-refractivity contribution in [1.29, 1.82) is 0 Å². The van der Waals surface area contributed by atoms with Crippen LogP contribution in [0.2, 0.25) is 5.02 Å². The van der Waals surface area contributed by atoms with E-state index in [0.29, 0.717) is 23.9 Å². The Morgan fingerprint density at radius 2 is 1.57 bits per heavy atom. The van der Waals surface area contributed by atoms with E-state index in [2.05, 4.69) is 5.32 Å². The standard InChI is InChI=1S/C30H28ClNO6S.Na.H/c31-24-8-1-6-22(17-24)29(33)20-32-16-4-5-21-12-14-27(15-13-21)39(36,37)28-11-3-10-26(19-28)38-25-9-2-7-23(18-25)30(34)35;;/h1-3,6-15,17-19,29,32-33H,4-5,16,20H2,(H,34,35);;/q;+1;-1/t29-;;/m1../s1. The first-order valence-corrected chi connectivity index (χ1v) is 14.2. The Morgan fingerprint density at radius 3 is 2.27 bits per heavy atom. The van der Waals surface area contributed by atoms with Crippen molar-refractivity contribution in [2.45, 2.75) is 28.7 Å². The molecule has 1 atom stereocenters. The van der Waals surface area contributed by atoms with Gasteiger partial charge in [0.05, 0.1) is 21.5 Å². The minimum Gasteiger partial charge on any atom is -1.00 e. The number of aliphatic hydroxyl groups excluding tert-OH is 1. The number of aryl methyl sites for hydroxylation is 1. The number of benzene rings is 4. The van der Waals surface area contributed by atoms with Gasteiger partial charge in [-0.05, 0) is 91.2 Å².